The SMILES string of the molecule is CCN(CCNC(=O)c1ccc(CNS(=O)(=O)c2ccc(C(C)=O)cc2)cc1)C(C)C. The molecule has 0 heterocycles. The minimum Gasteiger partial charge on any atom is -0.351 e. The van der Waals surface area contributed by atoms with Gasteiger partial charge in [0.15, 0.2) is 5.78 Å². The van der Waals surface area contributed by atoms with E-state index in [1.54, 1.807) is 24.3 Å². The zero-order valence-electron chi connectivity index (χ0n) is 18.5. The summed E-state index contributed by atoms with van der Waals surface area (Å²) >= 11 is 0. The van der Waals surface area contributed by atoms with Crippen LogP contribution < -0.4 is 10.0 Å². The number of sulfonamides is 1. The Morgan fingerprint density at radius 1 is 0.968 bits per heavy atom. The number of ketones is 1. The van der Waals surface area contributed by atoms with Gasteiger partial charge in [0.1, 0.15) is 0 Å². The molecule has 0 fully saturated rings. The monoisotopic (exact) mass is 445 g/mol. The van der Waals surface area contributed by atoms with Crippen LogP contribution in [0.2, 0.25) is 0 Å². The molecule has 0 saturated heterocycles. The van der Waals surface area contributed by atoms with E-state index in [2.05, 4.69) is 35.7 Å². The Labute approximate surface area is 184 Å². The molecule has 0 atom stereocenters. The zero-order chi connectivity index (χ0) is 23.0. The Bertz CT molecular complexity index is 984. The first kappa shape index (κ1) is 24.7. The molecule has 168 valence electrons. The molecule has 0 aliphatic heterocycles. The maximum absolute atomic E-state index is 12.4. The highest BCUT2D eigenvalue weighted by Crippen LogP contribution is 2.12. The van der Waals surface area contributed by atoms with Crippen LogP contribution in [-0.4, -0.2) is 50.7 Å². The predicted octanol–water partition coefficient (Wildman–Crippen LogP) is 2.83. The second kappa shape index (κ2) is 11.2. The van der Waals surface area contributed by atoms with Crippen molar-refractivity contribution in [3.63, 3.8) is 0 Å². The lowest BCUT2D eigenvalue weighted by Gasteiger charge is -2.24. The number of hydrogen-bond donors (Lipinski definition) is 2. The van der Waals surface area contributed by atoms with Crippen molar-refractivity contribution in [3.05, 3.63) is 65.2 Å². The summed E-state index contributed by atoms with van der Waals surface area (Å²) in [5.41, 5.74) is 1.72. The van der Waals surface area contributed by atoms with E-state index in [0.717, 1.165) is 18.7 Å². The van der Waals surface area contributed by atoms with Crippen molar-refractivity contribution in [1.29, 1.82) is 0 Å². The average molecular weight is 446 g/mol. The van der Waals surface area contributed by atoms with E-state index in [0.29, 0.717) is 23.7 Å². The summed E-state index contributed by atoms with van der Waals surface area (Å²) < 4.78 is 27.4. The van der Waals surface area contributed by atoms with Crippen molar-refractivity contribution in [3.8, 4) is 0 Å². The van der Waals surface area contributed by atoms with Gasteiger partial charge in [0, 0.05) is 36.8 Å². The lowest BCUT2D eigenvalue weighted by atomic mass is 10.1. The van der Waals surface area contributed by atoms with Gasteiger partial charge in [-0.2, -0.15) is 0 Å². The van der Waals surface area contributed by atoms with E-state index in [4.69, 9.17) is 0 Å². The number of nitrogens with zero attached hydrogens (tertiary/aromatic N) is 1. The van der Waals surface area contributed by atoms with Gasteiger partial charge in [-0.15, -0.1) is 0 Å². The number of Topliss-reactive ketones (excluding diaryl/α,β-unsaturated/α-hetero) is 1. The van der Waals surface area contributed by atoms with Crippen LogP contribution in [0.15, 0.2) is 53.4 Å². The molecular formula is C23H31N3O4S. The maximum atomic E-state index is 12.4. The van der Waals surface area contributed by atoms with Gasteiger partial charge < -0.3 is 5.32 Å². The summed E-state index contributed by atoms with van der Waals surface area (Å²) in [6, 6.07) is 13.0. The summed E-state index contributed by atoms with van der Waals surface area (Å²) in [7, 11) is -3.70. The average Bonchev–Trinajstić information content (AvgIpc) is 2.75. The number of nitrogens with one attached hydrogen (secondary N) is 2. The first-order chi connectivity index (χ1) is 14.6. The van der Waals surface area contributed by atoms with Crippen LogP contribution in [0.5, 0.6) is 0 Å². The molecule has 0 spiro atoms. The predicted molar refractivity (Wildman–Crippen MR) is 122 cm³/mol. The first-order valence-corrected chi connectivity index (χ1v) is 11.8. The molecule has 8 heteroatoms. The standard InChI is InChI=1S/C23H31N3O4S/c1-5-26(17(2)3)15-14-24-23(28)21-8-6-19(7-9-21)16-25-31(29,30)22-12-10-20(11-13-22)18(4)27/h6-13,17,25H,5,14-16H2,1-4H3,(H,24,28). The topological polar surface area (TPSA) is 95.6 Å². The second-order valence-electron chi connectivity index (χ2n) is 7.58. The molecule has 0 aliphatic rings. The molecule has 2 rings (SSSR count). The van der Waals surface area contributed by atoms with Gasteiger partial charge in [-0.3, -0.25) is 14.5 Å². The molecule has 2 aromatic rings. The summed E-state index contributed by atoms with van der Waals surface area (Å²) in [6.07, 6.45) is 0. The Morgan fingerprint density at radius 2 is 1.55 bits per heavy atom. The molecule has 7 nitrogen and oxygen atoms in total. The van der Waals surface area contributed by atoms with Crippen LogP contribution in [0.4, 0.5) is 0 Å². The molecule has 0 aromatic heterocycles. The van der Waals surface area contributed by atoms with E-state index in [9.17, 15) is 18.0 Å². The molecule has 31 heavy (non-hydrogen) atoms. The van der Waals surface area contributed by atoms with Gasteiger partial charge in [-0.1, -0.05) is 31.2 Å². The lowest BCUT2D eigenvalue weighted by Crippen LogP contribution is -2.38. The highest BCUT2D eigenvalue weighted by atomic mass is 32.2. The third-order valence-corrected chi connectivity index (χ3v) is 6.49. The number of likely N-dealkylation sites (N-methyl/N-ethyl adjacent to an activating group) is 1. The van der Waals surface area contributed by atoms with Crippen LogP contribution in [0.3, 0.4) is 0 Å². The Morgan fingerprint density at radius 3 is 2.06 bits per heavy atom. The number of hydrogen-bond acceptors (Lipinski definition) is 5. The zero-order valence-corrected chi connectivity index (χ0v) is 19.3. The minimum atomic E-state index is -3.70. The fraction of sp³-hybridized carbons (Fsp3) is 0.391. The van der Waals surface area contributed by atoms with Gasteiger partial charge >= 0.3 is 0 Å². The number of rotatable bonds is 11. The Balaban J connectivity index is 1.90. The lowest BCUT2D eigenvalue weighted by molar-refractivity contribution is 0.0945. The van der Waals surface area contributed by atoms with Crippen molar-refractivity contribution in [2.75, 3.05) is 19.6 Å². The van der Waals surface area contributed by atoms with E-state index in [1.165, 1.54) is 31.2 Å². The van der Waals surface area contributed by atoms with E-state index < -0.39 is 10.0 Å². The number of carbonyl (C=O) groups excluding carboxylic acids is 2. The second-order valence-corrected chi connectivity index (χ2v) is 9.35. The summed E-state index contributed by atoms with van der Waals surface area (Å²) in [4.78, 5) is 26.0. The smallest absolute Gasteiger partial charge is 0.251 e. The quantitative estimate of drug-likeness (QED) is 0.519. The molecule has 0 unspecified atom stereocenters. The molecule has 0 radical (unpaired) electrons. The van der Waals surface area contributed by atoms with Gasteiger partial charge in [0.05, 0.1) is 4.90 Å². The van der Waals surface area contributed by atoms with Gasteiger partial charge in [-0.05, 0) is 57.1 Å². The highest BCUT2D eigenvalue weighted by molar-refractivity contribution is 7.89. The molecule has 0 saturated carbocycles. The third kappa shape index (κ3) is 7.27. The van der Waals surface area contributed by atoms with Crippen LogP contribution in [-0.2, 0) is 16.6 Å². The summed E-state index contributed by atoms with van der Waals surface area (Å²) in [5, 5.41) is 2.91. The fourth-order valence-electron chi connectivity index (χ4n) is 3.10. The Hall–Kier alpha value is -2.55. The van der Waals surface area contributed by atoms with Crippen LogP contribution >= 0.6 is 0 Å². The van der Waals surface area contributed by atoms with E-state index >= 15 is 0 Å². The van der Waals surface area contributed by atoms with Crippen molar-refractivity contribution in [2.45, 2.75) is 45.2 Å². The van der Waals surface area contributed by atoms with Gasteiger partial charge in [0.25, 0.3) is 5.91 Å². The molecule has 2 N–H and O–H groups in total. The van der Waals surface area contributed by atoms with Crippen molar-refractivity contribution in [2.24, 2.45) is 0 Å². The summed E-state index contributed by atoms with van der Waals surface area (Å²) in [6.45, 7) is 10.1. The molecule has 2 aromatic carbocycles. The van der Waals surface area contributed by atoms with Crippen molar-refractivity contribution >= 4 is 21.7 Å². The van der Waals surface area contributed by atoms with Crippen LogP contribution in [0.25, 0.3) is 0 Å². The maximum Gasteiger partial charge on any atom is 0.251 e. The van der Waals surface area contributed by atoms with E-state index in [1.807, 2.05) is 0 Å². The third-order valence-electron chi connectivity index (χ3n) is 5.07. The fourth-order valence-corrected chi connectivity index (χ4v) is 4.12. The van der Waals surface area contributed by atoms with Crippen LogP contribution in [0.1, 0.15) is 54.0 Å². The van der Waals surface area contributed by atoms with Crippen molar-refractivity contribution in [1.82, 2.24) is 14.9 Å². The normalized spacial score (nSPS) is 11.7. The van der Waals surface area contributed by atoms with Crippen molar-refractivity contribution < 1.29 is 18.0 Å². The molecule has 1 amide bonds. The van der Waals surface area contributed by atoms with Gasteiger partial charge in [0.2, 0.25) is 10.0 Å². The number of amides is 1. The molecular weight excluding hydrogens is 414 g/mol. The first-order valence-electron chi connectivity index (χ1n) is 10.4. The highest BCUT2D eigenvalue weighted by Gasteiger charge is 2.14. The Kier molecular flexibility index (Phi) is 8.91. The largest absolute Gasteiger partial charge is 0.351 e. The minimum absolute atomic E-state index is 0.0935. The van der Waals surface area contributed by atoms with E-state index in [-0.39, 0.29) is 23.1 Å². The van der Waals surface area contributed by atoms with Gasteiger partial charge in [-0.25, -0.2) is 13.1 Å². The summed E-state index contributed by atoms with van der Waals surface area (Å²) in [5.74, 6) is -0.277. The van der Waals surface area contributed by atoms with Crippen LogP contribution in [0, 0.1) is 0 Å². The molecule has 0 bridgehead atoms. The number of carbonyl (C=O) groups is 2. The molecule has 0 aliphatic carbocycles. The number of benzene rings is 2.